The van der Waals surface area contributed by atoms with E-state index >= 15 is 0 Å². The molecule has 1 saturated heterocycles. The van der Waals surface area contributed by atoms with Crippen LogP contribution in [0.15, 0.2) is 53.6 Å². The summed E-state index contributed by atoms with van der Waals surface area (Å²) in [4.78, 5) is 26.0. The molecule has 1 atom stereocenters. The molecular formula is C23H29N5O2. The zero-order chi connectivity index (χ0) is 21.5. The number of nitrogens with one attached hydrogen (secondary N) is 2. The van der Waals surface area contributed by atoms with Gasteiger partial charge in [0.25, 0.3) is 0 Å². The van der Waals surface area contributed by atoms with Crippen LogP contribution in [0.2, 0.25) is 0 Å². The fourth-order valence-electron chi connectivity index (χ4n) is 3.39. The highest BCUT2D eigenvalue weighted by atomic mass is 16.2. The largest absolute Gasteiger partial charge is 0.378 e. The average Bonchev–Trinajstić information content (AvgIpc) is 2.73. The Balaban J connectivity index is 1.64. The van der Waals surface area contributed by atoms with Gasteiger partial charge in [-0.05, 0) is 61.2 Å². The summed E-state index contributed by atoms with van der Waals surface area (Å²) < 4.78 is 0. The zero-order valence-corrected chi connectivity index (χ0v) is 17.8. The van der Waals surface area contributed by atoms with Gasteiger partial charge in [0.2, 0.25) is 11.8 Å². The van der Waals surface area contributed by atoms with Crippen molar-refractivity contribution in [1.29, 1.82) is 0 Å². The highest BCUT2D eigenvalue weighted by Crippen LogP contribution is 2.20. The van der Waals surface area contributed by atoms with E-state index in [1.54, 1.807) is 24.3 Å². The molecule has 0 bridgehead atoms. The van der Waals surface area contributed by atoms with Crippen molar-refractivity contribution in [2.24, 2.45) is 5.10 Å². The van der Waals surface area contributed by atoms with Gasteiger partial charge in [-0.25, -0.2) is 0 Å². The lowest BCUT2D eigenvalue weighted by molar-refractivity contribution is -0.122. The summed E-state index contributed by atoms with van der Waals surface area (Å²) in [6.45, 7) is 2.22. The summed E-state index contributed by atoms with van der Waals surface area (Å²) in [7, 11) is 4.01. The highest BCUT2D eigenvalue weighted by Gasteiger charge is 2.27. The van der Waals surface area contributed by atoms with Gasteiger partial charge in [-0.2, -0.15) is 5.10 Å². The molecule has 1 aliphatic heterocycles. The smallest absolute Gasteiger partial charge is 0.248 e. The number of nitrogens with zero attached hydrogens (tertiary/aromatic N) is 3. The van der Waals surface area contributed by atoms with Crippen molar-refractivity contribution < 1.29 is 9.59 Å². The highest BCUT2D eigenvalue weighted by molar-refractivity contribution is 5.95. The minimum Gasteiger partial charge on any atom is -0.378 e. The Morgan fingerprint density at radius 2 is 1.63 bits per heavy atom. The molecule has 158 valence electrons. The minimum absolute atomic E-state index is 0.0675. The molecule has 2 N–H and O–H groups in total. The van der Waals surface area contributed by atoms with Gasteiger partial charge >= 0.3 is 0 Å². The number of rotatable bonds is 6. The molecule has 1 fully saturated rings. The van der Waals surface area contributed by atoms with E-state index in [2.05, 4.69) is 20.6 Å². The first kappa shape index (κ1) is 21.4. The molecule has 2 amide bonds. The Morgan fingerprint density at radius 3 is 2.23 bits per heavy atom. The number of carbonyl (C=O) groups excluding carboxylic acids is 2. The lowest BCUT2D eigenvalue weighted by atomic mass is 10.0. The molecule has 7 nitrogen and oxygen atoms in total. The Bertz CT molecular complexity index is 891. The molecule has 2 aromatic rings. The molecule has 1 aliphatic rings. The maximum Gasteiger partial charge on any atom is 0.248 e. The molecule has 0 aromatic heterocycles. The van der Waals surface area contributed by atoms with E-state index in [0.717, 1.165) is 37.1 Å². The maximum absolute atomic E-state index is 12.9. The van der Waals surface area contributed by atoms with Crippen molar-refractivity contribution in [2.45, 2.75) is 32.2 Å². The molecule has 7 heteroatoms. The first-order valence-electron chi connectivity index (χ1n) is 10.2. The van der Waals surface area contributed by atoms with Crippen LogP contribution in [0, 0.1) is 0 Å². The van der Waals surface area contributed by atoms with Gasteiger partial charge in [0.15, 0.2) is 0 Å². The van der Waals surface area contributed by atoms with Crippen LogP contribution in [0.1, 0.15) is 31.7 Å². The van der Waals surface area contributed by atoms with E-state index in [0.29, 0.717) is 11.4 Å². The van der Waals surface area contributed by atoms with Gasteiger partial charge in [-0.3, -0.25) is 14.6 Å². The Hall–Kier alpha value is -3.35. The molecule has 3 rings (SSSR count). The average molecular weight is 408 g/mol. The summed E-state index contributed by atoms with van der Waals surface area (Å²) in [6, 6.07) is 14.9. The van der Waals surface area contributed by atoms with Gasteiger partial charge in [0.1, 0.15) is 6.04 Å². The lowest BCUT2D eigenvalue weighted by Crippen LogP contribution is -2.44. The number of hydrogen-bond donors (Lipinski definition) is 2. The Kier molecular flexibility index (Phi) is 7.06. The third kappa shape index (κ3) is 5.83. The monoisotopic (exact) mass is 407 g/mol. The molecule has 1 heterocycles. The number of carbonyl (C=O) groups is 2. The third-order valence-corrected chi connectivity index (χ3v) is 5.01. The van der Waals surface area contributed by atoms with Crippen LogP contribution in [0.4, 0.5) is 17.1 Å². The van der Waals surface area contributed by atoms with E-state index in [1.165, 1.54) is 6.92 Å². The number of hydrogen-bond acceptors (Lipinski definition) is 5. The number of anilines is 3. The molecule has 0 saturated carbocycles. The third-order valence-electron chi connectivity index (χ3n) is 5.01. The Labute approximate surface area is 177 Å². The van der Waals surface area contributed by atoms with E-state index < -0.39 is 0 Å². The topological polar surface area (TPSA) is 77.0 Å². The van der Waals surface area contributed by atoms with Crippen LogP contribution in [-0.2, 0) is 9.59 Å². The van der Waals surface area contributed by atoms with Crippen LogP contribution >= 0.6 is 0 Å². The molecule has 0 radical (unpaired) electrons. The SMILES string of the molecule is CC(=O)Nc1ccc(NC(=O)C2CCCCN2/N=C/c2ccc(N(C)C)cc2)cc1. The summed E-state index contributed by atoms with van der Waals surface area (Å²) >= 11 is 0. The van der Waals surface area contributed by atoms with Crippen molar-refractivity contribution >= 4 is 35.1 Å². The summed E-state index contributed by atoms with van der Waals surface area (Å²) in [5.74, 6) is -0.194. The van der Waals surface area contributed by atoms with Gasteiger partial charge in [-0.15, -0.1) is 0 Å². The van der Waals surface area contributed by atoms with Gasteiger partial charge < -0.3 is 15.5 Å². The molecule has 0 aliphatic carbocycles. The molecule has 1 unspecified atom stereocenters. The van der Waals surface area contributed by atoms with Crippen LogP contribution in [0.3, 0.4) is 0 Å². The van der Waals surface area contributed by atoms with E-state index in [-0.39, 0.29) is 17.9 Å². The fourth-order valence-corrected chi connectivity index (χ4v) is 3.39. The summed E-state index contributed by atoms with van der Waals surface area (Å²) in [5, 5.41) is 12.2. The number of piperidine rings is 1. The quantitative estimate of drug-likeness (QED) is 0.718. The second-order valence-electron chi connectivity index (χ2n) is 7.65. The molecule has 2 aromatic carbocycles. The van der Waals surface area contributed by atoms with Crippen molar-refractivity contribution in [2.75, 3.05) is 36.2 Å². The van der Waals surface area contributed by atoms with Crippen molar-refractivity contribution in [3.8, 4) is 0 Å². The normalized spacial score (nSPS) is 16.4. The van der Waals surface area contributed by atoms with Gasteiger partial charge in [0.05, 0.1) is 6.21 Å². The van der Waals surface area contributed by atoms with Gasteiger partial charge in [-0.1, -0.05) is 12.1 Å². The van der Waals surface area contributed by atoms with E-state index in [1.807, 2.05) is 49.6 Å². The zero-order valence-electron chi connectivity index (χ0n) is 17.8. The molecule has 30 heavy (non-hydrogen) atoms. The number of amides is 2. The predicted molar refractivity (Wildman–Crippen MR) is 122 cm³/mol. The van der Waals surface area contributed by atoms with Crippen molar-refractivity contribution in [3.05, 3.63) is 54.1 Å². The predicted octanol–water partition coefficient (Wildman–Crippen LogP) is 3.54. The number of hydrazone groups is 1. The second-order valence-corrected chi connectivity index (χ2v) is 7.65. The second kappa shape index (κ2) is 9.91. The summed E-state index contributed by atoms with van der Waals surface area (Å²) in [6.07, 6.45) is 4.61. The fraction of sp³-hybridized carbons (Fsp3) is 0.348. The van der Waals surface area contributed by atoms with Crippen LogP contribution in [-0.4, -0.2) is 49.7 Å². The maximum atomic E-state index is 12.9. The van der Waals surface area contributed by atoms with E-state index in [4.69, 9.17) is 0 Å². The summed E-state index contributed by atoms with van der Waals surface area (Å²) in [5.41, 5.74) is 3.53. The van der Waals surface area contributed by atoms with Crippen LogP contribution in [0.25, 0.3) is 0 Å². The lowest BCUT2D eigenvalue weighted by Gasteiger charge is -2.32. The standard InChI is InChI=1S/C23H29N5O2/c1-17(29)25-19-9-11-20(12-10-19)26-23(30)22-6-4-5-15-28(22)24-16-18-7-13-21(14-8-18)27(2)3/h7-14,16,22H,4-6,15H2,1-3H3,(H,25,29)(H,26,30)/b24-16+. The van der Waals surface area contributed by atoms with Crippen molar-refractivity contribution in [3.63, 3.8) is 0 Å². The van der Waals surface area contributed by atoms with Crippen molar-refractivity contribution in [1.82, 2.24) is 5.01 Å². The number of benzene rings is 2. The first-order chi connectivity index (χ1) is 14.4. The van der Waals surface area contributed by atoms with Crippen LogP contribution < -0.4 is 15.5 Å². The molecule has 0 spiro atoms. The van der Waals surface area contributed by atoms with Gasteiger partial charge in [0, 0.05) is 44.6 Å². The molecular weight excluding hydrogens is 378 g/mol. The first-order valence-corrected chi connectivity index (χ1v) is 10.2. The van der Waals surface area contributed by atoms with E-state index in [9.17, 15) is 9.59 Å². The van der Waals surface area contributed by atoms with Crippen LogP contribution in [0.5, 0.6) is 0 Å². The minimum atomic E-state index is -0.300. The Morgan fingerprint density at radius 1 is 1.00 bits per heavy atom.